The standard InChI is InChI=1S/C25H22Cl2N2O4/c26-18-5-3-17(4-6-18)25(31)28-20-9-12-23-22(15-20)29(24(30)16-33-23)13-1-2-14-32-21-10-7-19(27)8-11-21/h3-12,15H,1-2,13-14,16H2,(H,28,31). The van der Waals surface area contributed by atoms with E-state index in [0.29, 0.717) is 45.9 Å². The molecule has 0 saturated carbocycles. The van der Waals surface area contributed by atoms with Crippen molar-refractivity contribution in [3.8, 4) is 11.5 Å². The van der Waals surface area contributed by atoms with Crippen LogP contribution in [0.3, 0.4) is 0 Å². The number of halogens is 2. The number of hydrogen-bond donors (Lipinski definition) is 1. The van der Waals surface area contributed by atoms with E-state index in [1.807, 2.05) is 12.1 Å². The van der Waals surface area contributed by atoms with Gasteiger partial charge in [0.1, 0.15) is 11.5 Å². The van der Waals surface area contributed by atoms with E-state index in [1.54, 1.807) is 59.5 Å². The van der Waals surface area contributed by atoms with Gasteiger partial charge in [0.25, 0.3) is 11.8 Å². The van der Waals surface area contributed by atoms with Crippen molar-refractivity contribution < 1.29 is 19.1 Å². The molecular weight excluding hydrogens is 463 g/mol. The number of rotatable bonds is 8. The number of nitrogens with zero attached hydrogens (tertiary/aromatic N) is 1. The van der Waals surface area contributed by atoms with Crippen molar-refractivity contribution in [2.75, 3.05) is 30.0 Å². The Morgan fingerprint density at radius 1 is 0.970 bits per heavy atom. The predicted molar refractivity (Wildman–Crippen MR) is 130 cm³/mol. The first-order valence-corrected chi connectivity index (χ1v) is 11.3. The van der Waals surface area contributed by atoms with Crippen LogP contribution < -0.4 is 19.7 Å². The van der Waals surface area contributed by atoms with Crippen molar-refractivity contribution >= 4 is 46.4 Å². The number of unbranched alkanes of at least 4 members (excludes halogenated alkanes) is 1. The van der Waals surface area contributed by atoms with E-state index in [-0.39, 0.29) is 18.4 Å². The van der Waals surface area contributed by atoms with E-state index in [4.69, 9.17) is 32.7 Å². The largest absolute Gasteiger partial charge is 0.494 e. The maximum absolute atomic E-state index is 12.5. The van der Waals surface area contributed by atoms with Gasteiger partial charge >= 0.3 is 0 Å². The van der Waals surface area contributed by atoms with Gasteiger partial charge in [-0.2, -0.15) is 0 Å². The Hall–Kier alpha value is -3.22. The molecule has 0 bridgehead atoms. The average Bonchev–Trinajstić information content (AvgIpc) is 2.81. The number of fused-ring (bicyclic) bond motifs is 1. The minimum absolute atomic E-state index is 0.00917. The summed E-state index contributed by atoms with van der Waals surface area (Å²) in [7, 11) is 0. The Kier molecular flexibility index (Phi) is 7.37. The van der Waals surface area contributed by atoms with Crippen LogP contribution in [0.15, 0.2) is 66.7 Å². The molecule has 3 aromatic rings. The fraction of sp³-hybridized carbons (Fsp3) is 0.200. The summed E-state index contributed by atoms with van der Waals surface area (Å²) in [4.78, 5) is 26.7. The van der Waals surface area contributed by atoms with Crippen molar-refractivity contribution in [1.29, 1.82) is 0 Å². The Bertz CT molecular complexity index is 1130. The molecule has 0 atom stereocenters. The molecule has 0 saturated heterocycles. The van der Waals surface area contributed by atoms with Crippen molar-refractivity contribution in [2.45, 2.75) is 12.8 Å². The highest BCUT2D eigenvalue weighted by Crippen LogP contribution is 2.35. The normalized spacial score (nSPS) is 12.7. The summed E-state index contributed by atoms with van der Waals surface area (Å²) < 4.78 is 11.3. The minimum atomic E-state index is -0.263. The van der Waals surface area contributed by atoms with Crippen LogP contribution in [0.4, 0.5) is 11.4 Å². The first kappa shape index (κ1) is 23.0. The lowest BCUT2D eigenvalue weighted by Gasteiger charge is -2.30. The van der Waals surface area contributed by atoms with Crippen LogP contribution in [0.5, 0.6) is 11.5 Å². The third-order valence-electron chi connectivity index (χ3n) is 5.12. The van der Waals surface area contributed by atoms with Crippen LogP contribution in [-0.2, 0) is 4.79 Å². The van der Waals surface area contributed by atoms with E-state index < -0.39 is 0 Å². The van der Waals surface area contributed by atoms with Crippen molar-refractivity contribution in [3.05, 3.63) is 82.3 Å². The molecule has 170 valence electrons. The summed E-state index contributed by atoms with van der Waals surface area (Å²) in [6, 6.07) is 19.1. The second-order valence-electron chi connectivity index (χ2n) is 7.49. The fourth-order valence-electron chi connectivity index (χ4n) is 3.42. The van der Waals surface area contributed by atoms with E-state index in [1.165, 1.54) is 0 Å². The molecule has 2 amide bonds. The molecule has 1 aliphatic heterocycles. The van der Waals surface area contributed by atoms with Crippen LogP contribution in [0.25, 0.3) is 0 Å². The fourth-order valence-corrected chi connectivity index (χ4v) is 3.67. The van der Waals surface area contributed by atoms with Crippen LogP contribution >= 0.6 is 23.2 Å². The summed E-state index contributed by atoms with van der Waals surface area (Å²) in [5, 5.41) is 4.08. The second kappa shape index (κ2) is 10.6. The highest BCUT2D eigenvalue weighted by atomic mass is 35.5. The Balaban J connectivity index is 1.36. The lowest BCUT2D eigenvalue weighted by atomic mass is 10.1. The maximum atomic E-state index is 12.5. The zero-order chi connectivity index (χ0) is 23.2. The molecule has 3 aromatic carbocycles. The van der Waals surface area contributed by atoms with Crippen molar-refractivity contribution in [3.63, 3.8) is 0 Å². The van der Waals surface area contributed by atoms with Crippen molar-refractivity contribution in [2.24, 2.45) is 0 Å². The maximum Gasteiger partial charge on any atom is 0.265 e. The van der Waals surface area contributed by atoms with Crippen molar-refractivity contribution in [1.82, 2.24) is 0 Å². The number of amides is 2. The molecule has 8 heteroatoms. The zero-order valence-electron chi connectivity index (χ0n) is 17.7. The lowest BCUT2D eigenvalue weighted by Crippen LogP contribution is -2.39. The Morgan fingerprint density at radius 3 is 2.39 bits per heavy atom. The van der Waals surface area contributed by atoms with Gasteiger partial charge < -0.3 is 19.7 Å². The van der Waals surface area contributed by atoms with E-state index in [0.717, 1.165) is 18.6 Å². The SMILES string of the molecule is O=C(Nc1ccc2c(c1)N(CCCCOc1ccc(Cl)cc1)C(=O)CO2)c1ccc(Cl)cc1. The predicted octanol–water partition coefficient (Wildman–Crippen LogP) is 5.83. The van der Waals surface area contributed by atoms with Gasteiger partial charge in [0.2, 0.25) is 0 Å². The molecule has 0 fully saturated rings. The quantitative estimate of drug-likeness (QED) is 0.408. The number of carbonyl (C=O) groups is 2. The number of carbonyl (C=O) groups excluding carboxylic acids is 2. The highest BCUT2D eigenvalue weighted by molar-refractivity contribution is 6.31. The first-order chi connectivity index (χ1) is 16.0. The molecule has 1 aliphatic rings. The Labute approximate surface area is 202 Å². The molecule has 0 unspecified atom stereocenters. The topological polar surface area (TPSA) is 67.9 Å². The van der Waals surface area contributed by atoms with Gasteiger partial charge in [-0.1, -0.05) is 23.2 Å². The summed E-state index contributed by atoms with van der Waals surface area (Å²) in [6.07, 6.45) is 1.52. The zero-order valence-corrected chi connectivity index (χ0v) is 19.2. The minimum Gasteiger partial charge on any atom is -0.494 e. The summed E-state index contributed by atoms with van der Waals surface area (Å²) in [5.41, 5.74) is 1.70. The number of nitrogens with one attached hydrogen (secondary N) is 1. The molecule has 4 rings (SSSR count). The van der Waals surface area contributed by atoms with Gasteiger partial charge in [-0.15, -0.1) is 0 Å². The average molecular weight is 485 g/mol. The number of hydrogen-bond acceptors (Lipinski definition) is 4. The summed E-state index contributed by atoms with van der Waals surface area (Å²) in [5.74, 6) is 0.979. The number of ether oxygens (including phenoxy) is 2. The molecule has 1 heterocycles. The van der Waals surface area contributed by atoms with E-state index in [2.05, 4.69) is 5.32 Å². The van der Waals surface area contributed by atoms with E-state index >= 15 is 0 Å². The van der Waals surface area contributed by atoms with Crippen LogP contribution in [0, 0.1) is 0 Å². The van der Waals surface area contributed by atoms with Crippen LogP contribution in [0.1, 0.15) is 23.2 Å². The second-order valence-corrected chi connectivity index (χ2v) is 8.36. The van der Waals surface area contributed by atoms with Crippen LogP contribution in [-0.4, -0.2) is 31.6 Å². The molecule has 0 radical (unpaired) electrons. The van der Waals surface area contributed by atoms with Gasteiger partial charge in [-0.25, -0.2) is 0 Å². The summed E-state index contributed by atoms with van der Waals surface area (Å²) in [6.45, 7) is 1.04. The van der Waals surface area contributed by atoms with Gasteiger partial charge in [0, 0.05) is 27.8 Å². The van der Waals surface area contributed by atoms with Gasteiger partial charge in [0.15, 0.2) is 6.61 Å². The Morgan fingerprint density at radius 2 is 1.67 bits per heavy atom. The molecule has 1 N–H and O–H groups in total. The molecule has 0 spiro atoms. The molecule has 33 heavy (non-hydrogen) atoms. The van der Waals surface area contributed by atoms with Gasteiger partial charge in [-0.3, -0.25) is 9.59 Å². The number of anilines is 2. The van der Waals surface area contributed by atoms with Crippen LogP contribution in [0.2, 0.25) is 10.0 Å². The summed E-state index contributed by atoms with van der Waals surface area (Å²) >= 11 is 11.8. The van der Waals surface area contributed by atoms with E-state index in [9.17, 15) is 9.59 Å². The third kappa shape index (κ3) is 5.97. The molecule has 0 aliphatic carbocycles. The molecule has 0 aromatic heterocycles. The first-order valence-electron chi connectivity index (χ1n) is 10.5. The highest BCUT2D eigenvalue weighted by Gasteiger charge is 2.25. The monoisotopic (exact) mass is 484 g/mol. The molecule has 6 nitrogen and oxygen atoms in total. The molecular formula is C25H22Cl2N2O4. The van der Waals surface area contributed by atoms with Gasteiger partial charge in [0.05, 0.1) is 12.3 Å². The van der Waals surface area contributed by atoms with Gasteiger partial charge in [-0.05, 0) is 79.6 Å². The third-order valence-corrected chi connectivity index (χ3v) is 5.63. The smallest absolute Gasteiger partial charge is 0.265 e. The number of benzene rings is 3. The lowest BCUT2D eigenvalue weighted by molar-refractivity contribution is -0.121.